The molecule has 18 heteroatoms. The summed E-state index contributed by atoms with van der Waals surface area (Å²) in [7, 11) is 0. The maximum absolute atomic E-state index is 13.0. The van der Waals surface area contributed by atoms with Crippen LogP contribution in [0.5, 0.6) is 23.0 Å². The number of ether oxygens (including phenoxy) is 4. The van der Waals surface area contributed by atoms with E-state index in [9.17, 15) is 26.3 Å². The molecule has 0 radical (unpaired) electrons. The molecule has 4 aromatic rings. The SMILES string of the molecule is CC1(Oc2ccc(Cl)cc2)CCN(CCOc2ccncc2C(F)(F)F)CC1.CC1(Oc2ccc(Cl)cc2)CCNCC1.Cl.FC(F)(F)c1cnccc1OCCBr. The summed E-state index contributed by atoms with van der Waals surface area (Å²) < 4.78 is 98.3. The van der Waals surface area contributed by atoms with E-state index in [-0.39, 0.29) is 48.3 Å². The summed E-state index contributed by atoms with van der Waals surface area (Å²) >= 11 is 14.8. The second-order valence-electron chi connectivity index (χ2n) is 13.7. The Bertz CT molecular complexity index is 1800. The zero-order valence-corrected chi connectivity index (χ0v) is 35.8. The van der Waals surface area contributed by atoms with Gasteiger partial charge in [-0.3, -0.25) is 14.9 Å². The predicted octanol–water partition coefficient (Wildman–Crippen LogP) is 11.2. The molecule has 0 saturated carbocycles. The van der Waals surface area contributed by atoms with Gasteiger partial charge in [-0.15, -0.1) is 12.4 Å². The van der Waals surface area contributed by atoms with Crippen molar-refractivity contribution in [3.63, 3.8) is 0 Å². The monoisotopic (exact) mass is 944 g/mol. The van der Waals surface area contributed by atoms with Crippen molar-refractivity contribution in [3.05, 3.63) is 107 Å². The van der Waals surface area contributed by atoms with E-state index in [2.05, 4.69) is 50.0 Å². The van der Waals surface area contributed by atoms with Crippen molar-refractivity contribution in [3.8, 4) is 23.0 Å². The highest BCUT2D eigenvalue weighted by Gasteiger charge is 2.36. The number of nitrogens with zero attached hydrogens (tertiary/aromatic N) is 3. The molecule has 0 unspecified atom stereocenters. The van der Waals surface area contributed by atoms with Crippen molar-refractivity contribution < 1.29 is 45.3 Å². The Morgan fingerprint density at radius 2 is 1.09 bits per heavy atom. The third-order valence-electron chi connectivity index (χ3n) is 9.10. The van der Waals surface area contributed by atoms with E-state index in [4.69, 9.17) is 42.1 Å². The summed E-state index contributed by atoms with van der Waals surface area (Å²) in [5, 5.41) is 5.22. The second-order valence-corrected chi connectivity index (χ2v) is 15.4. The van der Waals surface area contributed by atoms with Crippen LogP contribution in [0.1, 0.15) is 50.7 Å². The van der Waals surface area contributed by atoms with Gasteiger partial charge in [0.2, 0.25) is 0 Å². The predicted molar refractivity (Wildman–Crippen MR) is 219 cm³/mol. The summed E-state index contributed by atoms with van der Waals surface area (Å²) in [5.41, 5.74) is -2.00. The van der Waals surface area contributed by atoms with Gasteiger partial charge in [-0.1, -0.05) is 39.1 Å². The smallest absolute Gasteiger partial charge is 0.421 e. The number of hydrogen-bond donors (Lipinski definition) is 1. The first-order valence-electron chi connectivity index (χ1n) is 18.1. The van der Waals surface area contributed by atoms with Crippen molar-refractivity contribution in [1.82, 2.24) is 20.2 Å². The third kappa shape index (κ3) is 16.4. The first kappa shape index (κ1) is 49.2. The molecule has 2 aromatic heterocycles. The molecule has 6 rings (SSSR count). The number of halogens is 10. The summed E-state index contributed by atoms with van der Waals surface area (Å²) in [5.74, 6) is 1.31. The van der Waals surface area contributed by atoms with Gasteiger partial charge in [0, 0.05) is 59.8 Å². The summed E-state index contributed by atoms with van der Waals surface area (Å²) in [4.78, 5) is 9.11. The van der Waals surface area contributed by atoms with Gasteiger partial charge in [-0.2, -0.15) is 26.3 Å². The molecule has 0 spiro atoms. The summed E-state index contributed by atoms with van der Waals surface area (Å²) in [6.45, 7) is 8.80. The van der Waals surface area contributed by atoms with Gasteiger partial charge in [-0.25, -0.2) is 0 Å². The Morgan fingerprint density at radius 1 is 0.672 bits per heavy atom. The number of alkyl halides is 7. The number of rotatable bonds is 11. The molecule has 8 nitrogen and oxygen atoms in total. The largest absolute Gasteiger partial charge is 0.492 e. The fourth-order valence-corrected chi connectivity index (χ4v) is 6.27. The molecular formula is C40H46BrCl3F6N4O4. The van der Waals surface area contributed by atoms with Crippen LogP contribution in [0.2, 0.25) is 10.0 Å². The third-order valence-corrected chi connectivity index (χ3v) is 9.93. The van der Waals surface area contributed by atoms with Crippen LogP contribution >= 0.6 is 51.5 Å². The Kier molecular flexibility index (Phi) is 19.5. The van der Waals surface area contributed by atoms with Crippen LogP contribution in [0.4, 0.5) is 26.3 Å². The van der Waals surface area contributed by atoms with Gasteiger partial charge in [0.25, 0.3) is 0 Å². The van der Waals surface area contributed by atoms with Gasteiger partial charge in [0.15, 0.2) is 0 Å². The van der Waals surface area contributed by atoms with Crippen LogP contribution in [0.25, 0.3) is 0 Å². The fourth-order valence-electron chi connectivity index (χ4n) is 5.86. The molecule has 2 aromatic carbocycles. The topological polar surface area (TPSA) is 78.0 Å². The molecule has 0 aliphatic carbocycles. The lowest BCUT2D eigenvalue weighted by Gasteiger charge is -2.39. The minimum atomic E-state index is -4.48. The maximum Gasteiger partial charge on any atom is 0.421 e. The van der Waals surface area contributed by atoms with Gasteiger partial charge >= 0.3 is 12.4 Å². The number of pyridine rings is 2. The van der Waals surface area contributed by atoms with Crippen molar-refractivity contribution >= 4 is 51.5 Å². The molecule has 320 valence electrons. The molecule has 0 amide bonds. The zero-order valence-electron chi connectivity index (χ0n) is 31.9. The Labute approximate surface area is 359 Å². The normalized spacial score (nSPS) is 16.3. The highest BCUT2D eigenvalue weighted by Crippen LogP contribution is 2.37. The molecular weight excluding hydrogens is 901 g/mol. The second kappa shape index (κ2) is 23.0. The lowest BCUT2D eigenvalue weighted by molar-refractivity contribution is -0.140. The number of piperidine rings is 2. The van der Waals surface area contributed by atoms with Crippen molar-refractivity contribution in [2.24, 2.45) is 0 Å². The highest BCUT2D eigenvalue weighted by molar-refractivity contribution is 9.09. The van der Waals surface area contributed by atoms with E-state index < -0.39 is 23.5 Å². The van der Waals surface area contributed by atoms with Gasteiger partial charge in [0.1, 0.15) is 51.9 Å². The van der Waals surface area contributed by atoms with Crippen molar-refractivity contribution in [1.29, 1.82) is 0 Å². The zero-order chi connectivity index (χ0) is 41.5. The van der Waals surface area contributed by atoms with Gasteiger partial charge < -0.3 is 24.3 Å². The Hall–Kier alpha value is -3.21. The van der Waals surface area contributed by atoms with E-state index in [1.807, 2.05) is 36.4 Å². The van der Waals surface area contributed by atoms with E-state index >= 15 is 0 Å². The molecule has 58 heavy (non-hydrogen) atoms. The van der Waals surface area contributed by atoms with Crippen molar-refractivity contribution in [2.45, 2.75) is 63.1 Å². The highest BCUT2D eigenvalue weighted by atomic mass is 79.9. The van der Waals surface area contributed by atoms with Gasteiger partial charge in [0.05, 0.1) is 6.61 Å². The van der Waals surface area contributed by atoms with Crippen LogP contribution in [0.15, 0.2) is 85.5 Å². The first-order valence-corrected chi connectivity index (χ1v) is 20.0. The Morgan fingerprint density at radius 3 is 1.50 bits per heavy atom. The molecule has 2 aliphatic rings. The minimum Gasteiger partial charge on any atom is -0.492 e. The lowest BCUT2D eigenvalue weighted by Crippen LogP contribution is -2.47. The van der Waals surface area contributed by atoms with Crippen molar-refractivity contribution in [2.75, 3.05) is 51.3 Å². The van der Waals surface area contributed by atoms with E-state index in [1.54, 1.807) is 12.1 Å². The molecule has 2 aliphatic heterocycles. The lowest BCUT2D eigenvalue weighted by atomic mass is 9.93. The molecule has 4 heterocycles. The summed E-state index contributed by atoms with van der Waals surface area (Å²) in [6, 6.07) is 17.3. The summed E-state index contributed by atoms with van der Waals surface area (Å²) in [6.07, 6.45) is -1.06. The molecule has 2 fully saturated rings. The first-order chi connectivity index (χ1) is 27.0. The van der Waals surface area contributed by atoms with Crippen LogP contribution in [-0.2, 0) is 12.4 Å². The van der Waals surface area contributed by atoms with Crippen LogP contribution in [0.3, 0.4) is 0 Å². The number of aromatic nitrogens is 2. The van der Waals surface area contributed by atoms with Crippen LogP contribution < -0.4 is 24.3 Å². The average Bonchev–Trinajstić information content (AvgIpc) is 3.17. The Balaban J connectivity index is 0.000000254. The number of likely N-dealkylation sites (tertiary alicyclic amines) is 1. The average molecular weight is 947 g/mol. The molecule has 0 bridgehead atoms. The number of hydrogen-bond acceptors (Lipinski definition) is 8. The molecule has 1 N–H and O–H groups in total. The van der Waals surface area contributed by atoms with E-state index in [1.165, 1.54) is 24.5 Å². The van der Waals surface area contributed by atoms with E-state index in [0.29, 0.717) is 16.9 Å². The number of benzene rings is 2. The molecule has 2 saturated heterocycles. The maximum atomic E-state index is 13.0. The van der Waals surface area contributed by atoms with Gasteiger partial charge in [-0.05, 0) is 113 Å². The van der Waals surface area contributed by atoms with E-state index in [0.717, 1.165) is 80.8 Å². The molecule has 0 atom stereocenters. The minimum absolute atomic E-state index is 0. The fraction of sp³-hybridized carbons (Fsp3) is 0.450. The standard InChI is InChI=1S/C20H22ClF3N2O2.C12H16ClNO.C8H7BrF3NO.ClH/c1-19(28-16-4-2-15(21)3-5-16)7-10-26(11-8-19)12-13-27-18-6-9-25-14-17(18)20(22,23)24;1-12(6-8-14-9-7-12)15-11-4-2-10(13)3-5-11;9-2-4-14-7-1-3-13-5-6(7)8(10,11)12;/h2-6,9,14H,7-8,10-13H2,1H3;2-5,14H,6-9H2,1H3;1,3,5H,2,4H2;1H. The quantitative estimate of drug-likeness (QED) is 0.118. The van der Waals surface area contributed by atoms with Crippen LogP contribution in [-0.4, -0.2) is 77.3 Å². The number of nitrogens with one attached hydrogen (secondary N) is 1. The van der Waals surface area contributed by atoms with Crippen LogP contribution in [0, 0.1) is 0 Å².